The summed E-state index contributed by atoms with van der Waals surface area (Å²) in [5.41, 5.74) is 2.69. The van der Waals surface area contributed by atoms with Crippen LogP contribution in [-0.2, 0) is 0 Å². The third-order valence-corrected chi connectivity index (χ3v) is 3.56. The minimum atomic E-state index is 0.128. The van der Waals surface area contributed by atoms with Gasteiger partial charge in [-0.2, -0.15) is 0 Å². The van der Waals surface area contributed by atoms with Crippen LogP contribution in [0.15, 0.2) is 18.2 Å². The van der Waals surface area contributed by atoms with Gasteiger partial charge in [-0.25, -0.2) is 0 Å². The van der Waals surface area contributed by atoms with Crippen LogP contribution in [0.2, 0.25) is 0 Å². The molecule has 1 aromatic carbocycles. The topological polar surface area (TPSA) is 21.3 Å². The van der Waals surface area contributed by atoms with E-state index in [9.17, 15) is 0 Å². The summed E-state index contributed by atoms with van der Waals surface area (Å²) in [5, 5.41) is 3.57. The van der Waals surface area contributed by atoms with E-state index in [0.717, 1.165) is 25.1 Å². The molecule has 0 aliphatic heterocycles. The van der Waals surface area contributed by atoms with Crippen molar-refractivity contribution in [1.82, 2.24) is 5.32 Å². The van der Waals surface area contributed by atoms with Crippen molar-refractivity contribution in [1.29, 1.82) is 0 Å². The quantitative estimate of drug-likeness (QED) is 0.758. The highest BCUT2D eigenvalue weighted by atomic mass is 16.5. The fourth-order valence-electron chi connectivity index (χ4n) is 2.34. The van der Waals surface area contributed by atoms with Crippen molar-refractivity contribution in [3.05, 3.63) is 29.3 Å². The first-order valence-electron chi connectivity index (χ1n) is 8.25. The first-order valence-corrected chi connectivity index (χ1v) is 8.25. The van der Waals surface area contributed by atoms with E-state index in [0.29, 0.717) is 5.92 Å². The standard InChI is InChI=1S/C19H33NO/c1-8-9-16(13-20-19(5,6)7)21-18-12-15(4)10-11-17(18)14(2)3/h10-12,14,16,20H,8-9,13H2,1-7H3. The van der Waals surface area contributed by atoms with Crippen molar-refractivity contribution in [2.24, 2.45) is 0 Å². The fraction of sp³-hybridized carbons (Fsp3) is 0.684. The van der Waals surface area contributed by atoms with Gasteiger partial charge in [-0.3, -0.25) is 0 Å². The van der Waals surface area contributed by atoms with Crippen molar-refractivity contribution in [3.63, 3.8) is 0 Å². The molecule has 0 aromatic heterocycles. The minimum Gasteiger partial charge on any atom is -0.489 e. The molecule has 0 spiro atoms. The van der Waals surface area contributed by atoms with Gasteiger partial charge in [-0.15, -0.1) is 0 Å². The second-order valence-corrected chi connectivity index (χ2v) is 7.36. The van der Waals surface area contributed by atoms with Crippen LogP contribution in [0.4, 0.5) is 0 Å². The monoisotopic (exact) mass is 291 g/mol. The van der Waals surface area contributed by atoms with Gasteiger partial charge < -0.3 is 10.1 Å². The second kappa shape index (κ2) is 7.84. The number of hydrogen-bond donors (Lipinski definition) is 1. The lowest BCUT2D eigenvalue weighted by Crippen LogP contribution is -2.42. The molecule has 0 heterocycles. The number of nitrogens with one attached hydrogen (secondary N) is 1. The van der Waals surface area contributed by atoms with E-state index in [-0.39, 0.29) is 11.6 Å². The Morgan fingerprint density at radius 3 is 2.38 bits per heavy atom. The number of aryl methyl sites for hydroxylation is 1. The molecule has 1 aromatic rings. The number of hydrogen-bond acceptors (Lipinski definition) is 2. The molecule has 120 valence electrons. The van der Waals surface area contributed by atoms with Gasteiger partial charge in [0.25, 0.3) is 0 Å². The molecule has 2 heteroatoms. The second-order valence-electron chi connectivity index (χ2n) is 7.36. The van der Waals surface area contributed by atoms with E-state index in [1.807, 2.05) is 0 Å². The van der Waals surface area contributed by atoms with Crippen LogP contribution >= 0.6 is 0 Å². The molecular formula is C19H33NO. The van der Waals surface area contributed by atoms with Gasteiger partial charge in [0.05, 0.1) is 0 Å². The molecule has 0 radical (unpaired) electrons. The number of ether oxygens (including phenoxy) is 1. The smallest absolute Gasteiger partial charge is 0.123 e. The van der Waals surface area contributed by atoms with E-state index < -0.39 is 0 Å². The average Bonchev–Trinajstić information content (AvgIpc) is 2.35. The number of benzene rings is 1. The third-order valence-electron chi connectivity index (χ3n) is 3.56. The summed E-state index contributed by atoms with van der Waals surface area (Å²) in [4.78, 5) is 0. The molecule has 0 saturated carbocycles. The number of rotatable bonds is 7. The maximum absolute atomic E-state index is 6.36. The molecule has 0 fully saturated rings. The Morgan fingerprint density at radius 1 is 1.19 bits per heavy atom. The molecule has 0 aliphatic rings. The highest BCUT2D eigenvalue weighted by Gasteiger charge is 2.17. The van der Waals surface area contributed by atoms with Crippen molar-refractivity contribution in [2.75, 3.05) is 6.54 Å². The van der Waals surface area contributed by atoms with Gasteiger partial charge in [0.1, 0.15) is 11.9 Å². The normalized spacial score (nSPS) is 13.5. The highest BCUT2D eigenvalue weighted by Crippen LogP contribution is 2.28. The molecule has 1 unspecified atom stereocenters. The summed E-state index contributed by atoms with van der Waals surface area (Å²) in [6.07, 6.45) is 2.45. The Morgan fingerprint density at radius 2 is 1.86 bits per heavy atom. The van der Waals surface area contributed by atoms with Crippen molar-refractivity contribution >= 4 is 0 Å². The SMILES string of the molecule is CCCC(CNC(C)(C)C)Oc1cc(C)ccc1C(C)C. The van der Waals surface area contributed by atoms with Crippen LogP contribution in [0.5, 0.6) is 5.75 Å². The molecule has 1 rings (SSSR count). The summed E-state index contributed by atoms with van der Waals surface area (Å²) in [5.74, 6) is 1.54. The molecule has 0 aliphatic carbocycles. The van der Waals surface area contributed by atoms with Crippen molar-refractivity contribution in [3.8, 4) is 5.75 Å². The lowest BCUT2D eigenvalue weighted by atomic mass is 10.0. The van der Waals surface area contributed by atoms with E-state index in [1.54, 1.807) is 0 Å². The molecular weight excluding hydrogens is 258 g/mol. The fourth-order valence-corrected chi connectivity index (χ4v) is 2.34. The van der Waals surface area contributed by atoms with Gasteiger partial charge in [0.15, 0.2) is 0 Å². The van der Waals surface area contributed by atoms with Gasteiger partial charge in [0.2, 0.25) is 0 Å². The molecule has 1 atom stereocenters. The Kier molecular flexibility index (Phi) is 6.73. The van der Waals surface area contributed by atoms with Gasteiger partial charge in [0, 0.05) is 12.1 Å². The molecule has 2 nitrogen and oxygen atoms in total. The van der Waals surface area contributed by atoms with Crippen LogP contribution in [0, 0.1) is 6.92 Å². The van der Waals surface area contributed by atoms with Crippen LogP contribution < -0.4 is 10.1 Å². The molecule has 0 saturated heterocycles. The Bertz CT molecular complexity index is 432. The third kappa shape index (κ3) is 6.52. The highest BCUT2D eigenvalue weighted by molar-refractivity contribution is 5.39. The zero-order chi connectivity index (χ0) is 16.0. The van der Waals surface area contributed by atoms with Crippen LogP contribution in [0.3, 0.4) is 0 Å². The predicted octanol–water partition coefficient (Wildman–Crippen LogP) is 5.05. The minimum absolute atomic E-state index is 0.128. The van der Waals surface area contributed by atoms with E-state index in [1.165, 1.54) is 11.1 Å². The summed E-state index contributed by atoms with van der Waals surface area (Å²) >= 11 is 0. The maximum atomic E-state index is 6.36. The predicted molar refractivity (Wildman–Crippen MR) is 92.3 cm³/mol. The Balaban J connectivity index is 2.85. The van der Waals surface area contributed by atoms with E-state index >= 15 is 0 Å². The van der Waals surface area contributed by atoms with Crippen molar-refractivity contribution in [2.45, 2.75) is 78.9 Å². The van der Waals surface area contributed by atoms with Gasteiger partial charge in [-0.05, 0) is 57.2 Å². The Labute approximate surface area is 131 Å². The summed E-state index contributed by atoms with van der Waals surface area (Å²) in [6, 6.07) is 6.55. The van der Waals surface area contributed by atoms with E-state index in [4.69, 9.17) is 4.74 Å². The summed E-state index contributed by atoms with van der Waals surface area (Å²) in [7, 11) is 0. The van der Waals surface area contributed by atoms with Crippen LogP contribution in [0.25, 0.3) is 0 Å². The largest absolute Gasteiger partial charge is 0.489 e. The Hall–Kier alpha value is -1.02. The zero-order valence-electron chi connectivity index (χ0n) is 14.9. The average molecular weight is 291 g/mol. The van der Waals surface area contributed by atoms with Crippen molar-refractivity contribution < 1.29 is 4.74 Å². The van der Waals surface area contributed by atoms with Crippen LogP contribution in [0.1, 0.15) is 71.4 Å². The lowest BCUT2D eigenvalue weighted by molar-refractivity contribution is 0.173. The van der Waals surface area contributed by atoms with Gasteiger partial charge in [-0.1, -0.05) is 39.3 Å². The zero-order valence-corrected chi connectivity index (χ0v) is 14.9. The summed E-state index contributed by atoms with van der Waals surface area (Å²) < 4.78 is 6.36. The maximum Gasteiger partial charge on any atom is 0.123 e. The molecule has 0 amide bonds. The molecule has 1 N–H and O–H groups in total. The van der Waals surface area contributed by atoms with Crippen LogP contribution in [-0.4, -0.2) is 18.2 Å². The first-order chi connectivity index (χ1) is 9.73. The van der Waals surface area contributed by atoms with E-state index in [2.05, 4.69) is 72.0 Å². The summed E-state index contributed by atoms with van der Waals surface area (Å²) in [6.45, 7) is 16.3. The lowest BCUT2D eigenvalue weighted by Gasteiger charge is -2.27. The van der Waals surface area contributed by atoms with Gasteiger partial charge >= 0.3 is 0 Å². The molecule has 0 bridgehead atoms. The first kappa shape index (κ1) is 18.0. The molecule has 21 heavy (non-hydrogen) atoms.